The van der Waals surface area contributed by atoms with E-state index in [0.717, 1.165) is 6.42 Å². The molecule has 2 heteroatoms. The summed E-state index contributed by atoms with van der Waals surface area (Å²) in [4.78, 5) is 0. The fraction of sp³-hybridized carbons (Fsp3) is 0.333. The Bertz CT molecular complexity index is 509. The predicted octanol–water partition coefficient (Wildman–Crippen LogP) is 2.78. The summed E-state index contributed by atoms with van der Waals surface area (Å²) in [6.07, 6.45) is 1.01. The first-order valence-electron chi connectivity index (χ1n) is 7.21. The molecule has 0 heterocycles. The van der Waals surface area contributed by atoms with E-state index in [1.807, 2.05) is 12.1 Å². The van der Waals surface area contributed by atoms with Crippen molar-refractivity contribution in [2.24, 2.45) is 17.1 Å². The largest absolute Gasteiger partial charge is 0.396 e. The van der Waals surface area contributed by atoms with Crippen molar-refractivity contribution in [3.05, 3.63) is 71.8 Å². The molecule has 104 valence electrons. The minimum absolute atomic E-state index is 0.0870. The van der Waals surface area contributed by atoms with E-state index in [1.54, 1.807) is 0 Å². The highest BCUT2D eigenvalue weighted by atomic mass is 16.3. The summed E-state index contributed by atoms with van der Waals surface area (Å²) in [6, 6.07) is 21.1. The average molecular weight is 267 g/mol. The average Bonchev–Trinajstić information content (AvgIpc) is 3.25. The van der Waals surface area contributed by atoms with Gasteiger partial charge >= 0.3 is 0 Å². The Kier molecular flexibility index (Phi) is 3.60. The maximum atomic E-state index is 9.69. The van der Waals surface area contributed by atoms with Gasteiger partial charge in [0, 0.05) is 17.9 Å². The van der Waals surface area contributed by atoms with Gasteiger partial charge in [0.1, 0.15) is 0 Å². The van der Waals surface area contributed by atoms with Crippen molar-refractivity contribution in [2.75, 3.05) is 13.2 Å². The zero-order valence-corrected chi connectivity index (χ0v) is 11.6. The molecule has 2 aromatic carbocycles. The van der Waals surface area contributed by atoms with Crippen LogP contribution in [0.15, 0.2) is 60.7 Å². The zero-order valence-electron chi connectivity index (χ0n) is 11.6. The smallest absolute Gasteiger partial charge is 0.0502 e. The lowest BCUT2D eigenvalue weighted by Crippen LogP contribution is -2.24. The van der Waals surface area contributed by atoms with Crippen LogP contribution < -0.4 is 5.73 Å². The minimum atomic E-state index is -0.0870. The van der Waals surface area contributed by atoms with Crippen LogP contribution in [0.4, 0.5) is 0 Å². The molecule has 1 aliphatic rings. The van der Waals surface area contributed by atoms with Crippen LogP contribution in [0.5, 0.6) is 0 Å². The second-order valence-electron chi connectivity index (χ2n) is 5.83. The van der Waals surface area contributed by atoms with E-state index in [-0.39, 0.29) is 12.0 Å². The van der Waals surface area contributed by atoms with Crippen molar-refractivity contribution in [1.82, 2.24) is 0 Å². The van der Waals surface area contributed by atoms with Gasteiger partial charge in [-0.2, -0.15) is 0 Å². The van der Waals surface area contributed by atoms with Gasteiger partial charge in [0.2, 0.25) is 0 Å². The molecular weight excluding hydrogens is 246 g/mol. The Morgan fingerprint density at radius 3 is 1.85 bits per heavy atom. The molecule has 3 rings (SSSR count). The number of aliphatic hydroxyl groups excluding tert-OH is 1. The van der Waals surface area contributed by atoms with E-state index in [2.05, 4.69) is 48.5 Å². The predicted molar refractivity (Wildman–Crippen MR) is 81.4 cm³/mol. The maximum absolute atomic E-state index is 9.69. The molecule has 3 N–H and O–H groups in total. The number of aliphatic hydroxyl groups is 1. The molecule has 1 saturated carbocycles. The summed E-state index contributed by atoms with van der Waals surface area (Å²) < 4.78 is 0. The molecule has 0 spiro atoms. The molecule has 2 unspecified atom stereocenters. The Hall–Kier alpha value is -1.64. The summed E-state index contributed by atoms with van der Waals surface area (Å²) in [5.41, 5.74) is 8.44. The molecule has 2 atom stereocenters. The van der Waals surface area contributed by atoms with Crippen LogP contribution in [0.25, 0.3) is 0 Å². The van der Waals surface area contributed by atoms with E-state index >= 15 is 0 Å². The number of hydrogen-bond acceptors (Lipinski definition) is 2. The molecule has 0 radical (unpaired) electrons. The summed E-state index contributed by atoms with van der Waals surface area (Å²) in [6.45, 7) is 0.745. The second-order valence-corrected chi connectivity index (χ2v) is 5.83. The van der Waals surface area contributed by atoms with Crippen molar-refractivity contribution in [2.45, 2.75) is 12.3 Å². The first kappa shape index (κ1) is 13.3. The summed E-state index contributed by atoms with van der Waals surface area (Å²) in [5, 5.41) is 9.69. The molecule has 0 bridgehead atoms. The molecule has 0 saturated heterocycles. The third-order valence-electron chi connectivity index (χ3n) is 4.69. The zero-order chi connectivity index (χ0) is 14.0. The van der Waals surface area contributed by atoms with Crippen molar-refractivity contribution in [3.8, 4) is 0 Å². The molecule has 20 heavy (non-hydrogen) atoms. The summed E-state index contributed by atoms with van der Waals surface area (Å²) >= 11 is 0. The number of benzene rings is 2. The van der Waals surface area contributed by atoms with Crippen LogP contribution in [0.2, 0.25) is 0 Å². The molecule has 1 aliphatic carbocycles. The van der Waals surface area contributed by atoms with E-state index in [0.29, 0.717) is 18.4 Å². The van der Waals surface area contributed by atoms with Crippen molar-refractivity contribution >= 4 is 0 Å². The third-order valence-corrected chi connectivity index (χ3v) is 4.69. The van der Waals surface area contributed by atoms with Gasteiger partial charge in [0.05, 0.1) is 6.61 Å². The fourth-order valence-corrected chi connectivity index (χ4v) is 3.31. The van der Waals surface area contributed by atoms with Crippen molar-refractivity contribution in [3.63, 3.8) is 0 Å². The van der Waals surface area contributed by atoms with Crippen molar-refractivity contribution < 1.29 is 5.11 Å². The van der Waals surface area contributed by atoms with E-state index < -0.39 is 0 Å². The summed E-state index contributed by atoms with van der Waals surface area (Å²) in [5.74, 6) is 0.760. The molecule has 0 amide bonds. The normalized spacial score (nSPS) is 24.9. The van der Waals surface area contributed by atoms with Gasteiger partial charge < -0.3 is 10.8 Å². The SMILES string of the molecule is NCC1(CO)CC1C(c1ccccc1)c1ccccc1. The third kappa shape index (κ3) is 2.26. The Morgan fingerprint density at radius 2 is 1.50 bits per heavy atom. The van der Waals surface area contributed by atoms with Crippen molar-refractivity contribution in [1.29, 1.82) is 0 Å². The van der Waals surface area contributed by atoms with Gasteiger partial charge in [-0.05, 0) is 23.5 Å². The van der Waals surface area contributed by atoms with E-state index in [9.17, 15) is 5.11 Å². The molecular formula is C18H21NO. The first-order valence-corrected chi connectivity index (χ1v) is 7.21. The van der Waals surface area contributed by atoms with Crippen LogP contribution in [-0.4, -0.2) is 18.3 Å². The molecule has 2 nitrogen and oxygen atoms in total. The van der Waals surface area contributed by atoms with Gasteiger partial charge in [0.25, 0.3) is 0 Å². The second kappa shape index (κ2) is 5.39. The summed E-state index contributed by atoms with van der Waals surface area (Å²) in [7, 11) is 0. The lowest BCUT2D eigenvalue weighted by Gasteiger charge is -2.22. The molecule has 0 aliphatic heterocycles. The highest BCUT2D eigenvalue weighted by Gasteiger charge is 2.56. The maximum Gasteiger partial charge on any atom is 0.0502 e. The van der Waals surface area contributed by atoms with Crippen LogP contribution in [-0.2, 0) is 0 Å². The standard InChI is InChI=1S/C18H21NO/c19-12-18(13-20)11-16(18)17(14-7-3-1-4-8-14)15-9-5-2-6-10-15/h1-10,16-17,20H,11-13,19H2. The van der Waals surface area contributed by atoms with Gasteiger partial charge in [0.15, 0.2) is 0 Å². The van der Waals surface area contributed by atoms with E-state index in [1.165, 1.54) is 11.1 Å². The molecule has 2 aromatic rings. The highest BCUT2D eigenvalue weighted by Crippen LogP contribution is 2.60. The van der Waals surface area contributed by atoms with Crippen LogP contribution in [0, 0.1) is 11.3 Å². The van der Waals surface area contributed by atoms with Gasteiger partial charge in [-0.3, -0.25) is 0 Å². The van der Waals surface area contributed by atoms with Crippen LogP contribution in [0.3, 0.4) is 0 Å². The Labute approximate surface area is 120 Å². The minimum Gasteiger partial charge on any atom is -0.396 e. The fourth-order valence-electron chi connectivity index (χ4n) is 3.31. The van der Waals surface area contributed by atoms with Gasteiger partial charge in [-0.1, -0.05) is 60.7 Å². The van der Waals surface area contributed by atoms with E-state index in [4.69, 9.17) is 5.73 Å². The quantitative estimate of drug-likeness (QED) is 0.875. The number of rotatable bonds is 5. The monoisotopic (exact) mass is 267 g/mol. The molecule has 0 aromatic heterocycles. The topological polar surface area (TPSA) is 46.2 Å². The van der Waals surface area contributed by atoms with Crippen LogP contribution >= 0.6 is 0 Å². The Balaban J connectivity index is 1.98. The van der Waals surface area contributed by atoms with Gasteiger partial charge in [-0.25, -0.2) is 0 Å². The first-order chi connectivity index (χ1) is 9.80. The number of nitrogens with two attached hydrogens (primary N) is 1. The highest BCUT2D eigenvalue weighted by molar-refractivity contribution is 5.36. The Morgan fingerprint density at radius 1 is 1.00 bits per heavy atom. The molecule has 1 fully saturated rings. The number of hydrogen-bond donors (Lipinski definition) is 2. The van der Waals surface area contributed by atoms with Gasteiger partial charge in [-0.15, -0.1) is 0 Å². The van der Waals surface area contributed by atoms with Crippen LogP contribution in [0.1, 0.15) is 23.5 Å². The lowest BCUT2D eigenvalue weighted by molar-refractivity contribution is 0.200. The lowest BCUT2D eigenvalue weighted by atomic mass is 9.83.